The first-order valence-corrected chi connectivity index (χ1v) is 7.97. The molecule has 1 aliphatic rings. The summed E-state index contributed by atoms with van der Waals surface area (Å²) in [5.41, 5.74) is -0.105. The van der Waals surface area contributed by atoms with Crippen LogP contribution in [-0.4, -0.2) is 48.2 Å². The number of hydrogen-bond acceptors (Lipinski definition) is 3. The Bertz CT molecular complexity index is 519. The fourth-order valence-electron chi connectivity index (χ4n) is 2.58. The summed E-state index contributed by atoms with van der Waals surface area (Å²) in [5.74, 6) is -0.452. The minimum atomic E-state index is -0.667. The summed E-state index contributed by atoms with van der Waals surface area (Å²) in [5, 5.41) is 12.9. The number of β-amino-alcohol motifs (C(OH)–C–C–N with tert-alkyl or cyclic N) is 1. The van der Waals surface area contributed by atoms with Crippen molar-refractivity contribution in [2.75, 3.05) is 26.2 Å². The molecule has 0 radical (unpaired) electrons. The van der Waals surface area contributed by atoms with E-state index in [0.29, 0.717) is 11.6 Å². The zero-order valence-electron chi connectivity index (χ0n) is 12.7. The first-order chi connectivity index (χ1) is 10.5. The van der Waals surface area contributed by atoms with Crippen molar-refractivity contribution in [3.8, 4) is 0 Å². The topological polar surface area (TPSA) is 52.6 Å². The van der Waals surface area contributed by atoms with Gasteiger partial charge in [-0.05, 0) is 50.0 Å². The van der Waals surface area contributed by atoms with Gasteiger partial charge in [0.25, 0.3) is 5.91 Å². The molecular weight excluding hydrogens is 307 g/mol. The van der Waals surface area contributed by atoms with Gasteiger partial charge in [-0.1, -0.05) is 18.5 Å². The van der Waals surface area contributed by atoms with Gasteiger partial charge in [-0.15, -0.1) is 0 Å². The van der Waals surface area contributed by atoms with Crippen LogP contribution in [0.4, 0.5) is 4.39 Å². The Morgan fingerprint density at radius 2 is 2.18 bits per heavy atom. The highest BCUT2D eigenvalue weighted by Gasteiger charge is 2.19. The molecule has 1 aromatic carbocycles. The Balaban J connectivity index is 1.79. The average molecular weight is 329 g/mol. The predicted octanol–water partition coefficient (Wildman–Crippen LogP) is 2.30. The number of piperidine rings is 1. The van der Waals surface area contributed by atoms with E-state index in [1.54, 1.807) is 0 Å². The van der Waals surface area contributed by atoms with E-state index >= 15 is 0 Å². The van der Waals surface area contributed by atoms with Crippen LogP contribution in [0, 0.1) is 11.7 Å². The van der Waals surface area contributed by atoms with Crippen molar-refractivity contribution < 1.29 is 14.3 Å². The zero-order chi connectivity index (χ0) is 16.1. The third-order valence-corrected chi connectivity index (χ3v) is 4.25. The SMILES string of the molecule is CC1CCN(CC(O)CNC(=O)c2cc(Cl)ccc2F)CC1. The first-order valence-electron chi connectivity index (χ1n) is 7.59. The van der Waals surface area contributed by atoms with E-state index in [1.165, 1.54) is 12.1 Å². The lowest BCUT2D eigenvalue weighted by Crippen LogP contribution is -2.43. The molecule has 6 heteroatoms. The molecule has 122 valence electrons. The Labute approximate surface area is 135 Å². The Kier molecular flexibility index (Phi) is 6.17. The molecule has 0 aliphatic carbocycles. The first kappa shape index (κ1) is 17.2. The highest BCUT2D eigenvalue weighted by Crippen LogP contribution is 2.16. The molecule has 2 N–H and O–H groups in total. The Morgan fingerprint density at radius 3 is 2.86 bits per heavy atom. The maximum Gasteiger partial charge on any atom is 0.254 e. The van der Waals surface area contributed by atoms with Crippen LogP contribution in [0.1, 0.15) is 30.1 Å². The van der Waals surface area contributed by atoms with Gasteiger partial charge in [0.1, 0.15) is 5.82 Å². The number of rotatable bonds is 5. The number of nitrogens with zero attached hydrogens (tertiary/aromatic N) is 1. The molecule has 22 heavy (non-hydrogen) atoms. The zero-order valence-corrected chi connectivity index (χ0v) is 13.4. The Hall–Kier alpha value is -1.17. The highest BCUT2D eigenvalue weighted by molar-refractivity contribution is 6.30. The third kappa shape index (κ3) is 4.93. The minimum Gasteiger partial charge on any atom is -0.390 e. The van der Waals surface area contributed by atoms with Crippen LogP contribution in [0.15, 0.2) is 18.2 Å². The number of amides is 1. The number of nitrogens with one attached hydrogen (secondary N) is 1. The second kappa shape index (κ2) is 7.90. The lowest BCUT2D eigenvalue weighted by atomic mass is 9.99. The van der Waals surface area contributed by atoms with Crippen LogP contribution >= 0.6 is 11.6 Å². The van der Waals surface area contributed by atoms with Crippen LogP contribution in [0.2, 0.25) is 5.02 Å². The highest BCUT2D eigenvalue weighted by atomic mass is 35.5. The Morgan fingerprint density at radius 1 is 1.50 bits per heavy atom. The van der Waals surface area contributed by atoms with E-state index in [0.717, 1.165) is 37.9 Å². The van der Waals surface area contributed by atoms with Crippen molar-refractivity contribution in [3.63, 3.8) is 0 Å². The molecule has 0 spiro atoms. The van der Waals surface area contributed by atoms with Crippen LogP contribution in [0.3, 0.4) is 0 Å². The van der Waals surface area contributed by atoms with Gasteiger partial charge in [-0.2, -0.15) is 0 Å². The smallest absolute Gasteiger partial charge is 0.254 e. The van der Waals surface area contributed by atoms with Crippen molar-refractivity contribution in [1.82, 2.24) is 10.2 Å². The van der Waals surface area contributed by atoms with Crippen LogP contribution in [-0.2, 0) is 0 Å². The average Bonchev–Trinajstić information content (AvgIpc) is 2.49. The van der Waals surface area contributed by atoms with E-state index < -0.39 is 17.8 Å². The van der Waals surface area contributed by atoms with Gasteiger partial charge in [0.05, 0.1) is 11.7 Å². The van der Waals surface area contributed by atoms with Crippen molar-refractivity contribution in [2.24, 2.45) is 5.92 Å². The summed E-state index contributed by atoms with van der Waals surface area (Å²) in [6.45, 7) is 4.78. The molecule has 1 fully saturated rings. The van der Waals surface area contributed by atoms with Crippen LogP contribution < -0.4 is 5.32 Å². The lowest BCUT2D eigenvalue weighted by molar-refractivity contribution is 0.0793. The van der Waals surface area contributed by atoms with Gasteiger partial charge in [-0.25, -0.2) is 4.39 Å². The number of halogens is 2. The molecule has 4 nitrogen and oxygen atoms in total. The molecule has 1 aromatic rings. The van der Waals surface area contributed by atoms with E-state index in [2.05, 4.69) is 17.1 Å². The number of benzene rings is 1. The molecule has 1 atom stereocenters. The van der Waals surface area contributed by atoms with Crippen molar-refractivity contribution >= 4 is 17.5 Å². The number of carbonyl (C=O) groups excluding carboxylic acids is 1. The van der Waals surface area contributed by atoms with Crippen molar-refractivity contribution in [3.05, 3.63) is 34.6 Å². The maximum absolute atomic E-state index is 13.6. The summed E-state index contributed by atoms with van der Waals surface area (Å²) >= 11 is 5.76. The molecule has 0 aromatic heterocycles. The molecule has 2 rings (SSSR count). The van der Waals surface area contributed by atoms with E-state index in [-0.39, 0.29) is 12.1 Å². The number of carbonyl (C=O) groups is 1. The number of hydrogen-bond donors (Lipinski definition) is 2. The quantitative estimate of drug-likeness (QED) is 0.872. The van der Waals surface area contributed by atoms with Gasteiger partial charge in [-0.3, -0.25) is 4.79 Å². The van der Waals surface area contributed by atoms with E-state index in [9.17, 15) is 14.3 Å². The third-order valence-electron chi connectivity index (χ3n) is 4.02. The normalized spacial score (nSPS) is 18.2. The largest absolute Gasteiger partial charge is 0.390 e. The fraction of sp³-hybridized carbons (Fsp3) is 0.562. The molecule has 1 aliphatic heterocycles. The minimum absolute atomic E-state index is 0.0941. The summed E-state index contributed by atoms with van der Waals surface area (Å²) in [6, 6.07) is 3.83. The van der Waals surface area contributed by atoms with Gasteiger partial charge in [0.15, 0.2) is 0 Å². The van der Waals surface area contributed by atoms with E-state index in [1.807, 2.05) is 0 Å². The summed E-state index contributed by atoms with van der Waals surface area (Å²) in [7, 11) is 0. The molecule has 1 heterocycles. The second-order valence-electron chi connectivity index (χ2n) is 5.97. The lowest BCUT2D eigenvalue weighted by Gasteiger charge is -2.31. The molecule has 1 amide bonds. The molecule has 0 bridgehead atoms. The molecule has 0 saturated carbocycles. The van der Waals surface area contributed by atoms with Crippen LogP contribution in [0.25, 0.3) is 0 Å². The standard InChI is InChI=1S/C16H22ClFN2O2/c1-11-4-6-20(7-5-11)10-13(21)9-19-16(22)14-8-12(17)2-3-15(14)18/h2-3,8,11,13,21H,4-7,9-10H2,1H3,(H,19,22). The van der Waals surface area contributed by atoms with E-state index in [4.69, 9.17) is 11.6 Å². The number of aliphatic hydroxyl groups is 1. The van der Waals surface area contributed by atoms with Crippen LogP contribution in [0.5, 0.6) is 0 Å². The fourth-order valence-corrected chi connectivity index (χ4v) is 2.76. The van der Waals surface area contributed by atoms with Gasteiger partial charge in [0, 0.05) is 18.1 Å². The number of aliphatic hydroxyl groups excluding tert-OH is 1. The summed E-state index contributed by atoms with van der Waals surface area (Å²) in [4.78, 5) is 14.1. The summed E-state index contributed by atoms with van der Waals surface area (Å²) < 4.78 is 13.6. The van der Waals surface area contributed by atoms with Crippen molar-refractivity contribution in [1.29, 1.82) is 0 Å². The predicted molar refractivity (Wildman–Crippen MR) is 84.6 cm³/mol. The summed E-state index contributed by atoms with van der Waals surface area (Å²) in [6.07, 6.45) is 1.60. The number of likely N-dealkylation sites (tertiary alicyclic amines) is 1. The molecule has 1 unspecified atom stereocenters. The monoisotopic (exact) mass is 328 g/mol. The van der Waals surface area contributed by atoms with Gasteiger partial charge < -0.3 is 15.3 Å². The van der Waals surface area contributed by atoms with Gasteiger partial charge >= 0.3 is 0 Å². The second-order valence-corrected chi connectivity index (χ2v) is 6.41. The molecule has 1 saturated heterocycles. The van der Waals surface area contributed by atoms with Crippen molar-refractivity contribution in [2.45, 2.75) is 25.9 Å². The van der Waals surface area contributed by atoms with Gasteiger partial charge in [0.2, 0.25) is 0 Å². The maximum atomic E-state index is 13.6. The molecular formula is C16H22ClFN2O2.